The van der Waals surface area contributed by atoms with Crippen LogP contribution >= 0.6 is 0 Å². The first kappa shape index (κ1) is 34.3. The standard InChI is InChI=1S/C55H39N5/c1-2-14-38(15-3-1)55-57-49(37-28-26-36(27-29-37)48-35-56-34-39-16-4-5-17-43(39)48)33-50(58-55)40-30-41(59-51-22-10-6-18-44(51)45-19-7-11-23-52(45)59)32-42(31-40)60-53-24-12-8-20-46(53)47-21-9-13-25-54(47)60/h1-35,50,55,57-58H. The fourth-order valence-corrected chi connectivity index (χ4v) is 9.47. The molecule has 1 aliphatic rings. The van der Waals surface area contributed by atoms with Crippen molar-refractivity contribution in [3.63, 3.8) is 0 Å². The summed E-state index contributed by atoms with van der Waals surface area (Å²) < 4.78 is 4.87. The molecule has 0 spiro atoms. The number of pyridine rings is 1. The zero-order chi connectivity index (χ0) is 39.6. The van der Waals surface area contributed by atoms with Gasteiger partial charge in [-0.25, -0.2) is 0 Å². The highest BCUT2D eigenvalue weighted by atomic mass is 15.2. The van der Waals surface area contributed by atoms with Crippen LogP contribution in [0.5, 0.6) is 0 Å². The van der Waals surface area contributed by atoms with Crippen LogP contribution < -0.4 is 10.6 Å². The molecule has 0 aliphatic carbocycles. The summed E-state index contributed by atoms with van der Waals surface area (Å²) in [6.07, 6.45) is 6.13. The molecule has 0 radical (unpaired) electrons. The van der Waals surface area contributed by atoms with Crippen LogP contribution in [0.3, 0.4) is 0 Å². The molecule has 0 saturated carbocycles. The number of hydrogen-bond acceptors (Lipinski definition) is 3. The number of fused-ring (bicyclic) bond motifs is 7. The maximum absolute atomic E-state index is 4.57. The average Bonchev–Trinajstić information content (AvgIpc) is 3.85. The van der Waals surface area contributed by atoms with E-state index >= 15 is 0 Å². The van der Waals surface area contributed by atoms with Gasteiger partial charge in [-0.1, -0.05) is 152 Å². The van der Waals surface area contributed by atoms with Gasteiger partial charge < -0.3 is 14.5 Å². The lowest BCUT2D eigenvalue weighted by molar-refractivity contribution is 0.442. The molecular formula is C55H39N5. The van der Waals surface area contributed by atoms with E-state index in [0.29, 0.717) is 0 Å². The SMILES string of the molecule is C1=C(c2ccc(-c3cncc4ccccc34)cc2)NC(c2ccccc2)NC1c1cc(-n2c3ccccc3c3ccccc32)cc(-n2c3ccccc3c3ccccc32)c1. The first-order valence-corrected chi connectivity index (χ1v) is 20.6. The Morgan fingerprint density at radius 2 is 0.900 bits per heavy atom. The van der Waals surface area contributed by atoms with Gasteiger partial charge >= 0.3 is 0 Å². The number of para-hydroxylation sites is 4. The lowest BCUT2D eigenvalue weighted by Gasteiger charge is -2.33. The Kier molecular flexibility index (Phi) is 8.00. The topological polar surface area (TPSA) is 46.8 Å². The molecule has 0 fully saturated rings. The van der Waals surface area contributed by atoms with Gasteiger partial charge in [0, 0.05) is 62.0 Å². The Bertz CT molecular complexity index is 3200. The molecule has 4 heterocycles. The van der Waals surface area contributed by atoms with Crippen molar-refractivity contribution in [2.75, 3.05) is 0 Å². The highest BCUT2D eigenvalue weighted by Gasteiger charge is 2.26. The van der Waals surface area contributed by atoms with E-state index in [1.165, 1.54) is 60.1 Å². The van der Waals surface area contributed by atoms with Crippen molar-refractivity contribution in [1.29, 1.82) is 0 Å². The summed E-state index contributed by atoms with van der Waals surface area (Å²) in [5, 5.41) is 15.2. The van der Waals surface area contributed by atoms with Crippen molar-refractivity contribution in [1.82, 2.24) is 24.8 Å². The molecule has 0 saturated heterocycles. The minimum Gasteiger partial charge on any atom is -0.366 e. The van der Waals surface area contributed by atoms with E-state index in [2.05, 4.69) is 225 Å². The smallest absolute Gasteiger partial charge is 0.104 e. The van der Waals surface area contributed by atoms with Crippen LogP contribution in [-0.2, 0) is 0 Å². The summed E-state index contributed by atoms with van der Waals surface area (Å²) in [5.74, 6) is 0. The average molecular weight is 770 g/mol. The van der Waals surface area contributed by atoms with Crippen LogP contribution in [0.25, 0.3) is 82.6 Å². The molecule has 5 nitrogen and oxygen atoms in total. The maximum atomic E-state index is 4.57. The van der Waals surface area contributed by atoms with Crippen molar-refractivity contribution >= 4 is 60.1 Å². The second kappa shape index (κ2) is 14.0. The molecule has 11 aromatic rings. The number of nitrogens with zero attached hydrogens (tertiary/aromatic N) is 3. The Morgan fingerprint density at radius 3 is 1.47 bits per heavy atom. The molecule has 1 aliphatic heterocycles. The minimum absolute atomic E-state index is 0.131. The van der Waals surface area contributed by atoms with Gasteiger partial charge in [0.05, 0.1) is 28.1 Å². The number of hydrogen-bond donors (Lipinski definition) is 2. The van der Waals surface area contributed by atoms with Gasteiger partial charge in [0.2, 0.25) is 0 Å². The van der Waals surface area contributed by atoms with Crippen LogP contribution in [-0.4, -0.2) is 14.1 Å². The monoisotopic (exact) mass is 769 g/mol. The van der Waals surface area contributed by atoms with E-state index in [4.69, 9.17) is 0 Å². The van der Waals surface area contributed by atoms with Crippen molar-refractivity contribution in [2.24, 2.45) is 0 Å². The molecule has 2 N–H and O–H groups in total. The summed E-state index contributed by atoms with van der Waals surface area (Å²) in [6, 6.07) is 70.1. The van der Waals surface area contributed by atoms with Crippen molar-refractivity contribution in [3.8, 4) is 22.5 Å². The fraction of sp³-hybridized carbons (Fsp3) is 0.0364. The second-order valence-electron chi connectivity index (χ2n) is 15.7. The molecule has 5 heteroatoms. The van der Waals surface area contributed by atoms with E-state index in [9.17, 15) is 0 Å². The number of benzene rings is 8. The highest BCUT2D eigenvalue weighted by Crippen LogP contribution is 2.39. The van der Waals surface area contributed by atoms with Gasteiger partial charge in [-0.05, 0) is 76.2 Å². The zero-order valence-electron chi connectivity index (χ0n) is 32.7. The first-order chi connectivity index (χ1) is 29.7. The Balaban J connectivity index is 1.07. The van der Waals surface area contributed by atoms with Gasteiger partial charge in [0.25, 0.3) is 0 Å². The molecule has 12 rings (SSSR count). The minimum atomic E-state index is -0.133. The molecule has 8 aromatic carbocycles. The lowest BCUT2D eigenvalue weighted by Crippen LogP contribution is -2.39. The summed E-state index contributed by atoms with van der Waals surface area (Å²) in [7, 11) is 0. The van der Waals surface area contributed by atoms with E-state index in [-0.39, 0.29) is 12.2 Å². The van der Waals surface area contributed by atoms with Gasteiger partial charge in [-0.3, -0.25) is 10.3 Å². The van der Waals surface area contributed by atoms with E-state index in [0.717, 1.165) is 39.1 Å². The maximum Gasteiger partial charge on any atom is 0.104 e. The molecule has 0 amide bonds. The molecule has 2 atom stereocenters. The number of rotatable bonds is 6. The van der Waals surface area contributed by atoms with E-state index < -0.39 is 0 Å². The lowest BCUT2D eigenvalue weighted by atomic mass is 9.96. The fourth-order valence-electron chi connectivity index (χ4n) is 9.47. The number of nitrogens with one attached hydrogen (secondary N) is 2. The van der Waals surface area contributed by atoms with Crippen LogP contribution in [0.2, 0.25) is 0 Å². The largest absolute Gasteiger partial charge is 0.366 e. The van der Waals surface area contributed by atoms with Gasteiger partial charge in [-0.2, -0.15) is 0 Å². The van der Waals surface area contributed by atoms with Crippen molar-refractivity contribution in [2.45, 2.75) is 12.2 Å². The molecule has 0 bridgehead atoms. The van der Waals surface area contributed by atoms with Crippen LogP contribution in [0, 0.1) is 0 Å². The normalized spacial score (nSPS) is 15.5. The summed E-state index contributed by atoms with van der Waals surface area (Å²) in [4.78, 5) is 4.57. The summed E-state index contributed by atoms with van der Waals surface area (Å²) in [6.45, 7) is 0. The third-order valence-corrected chi connectivity index (χ3v) is 12.2. The second-order valence-corrected chi connectivity index (χ2v) is 15.7. The molecule has 60 heavy (non-hydrogen) atoms. The molecule has 284 valence electrons. The van der Waals surface area contributed by atoms with Crippen LogP contribution in [0.4, 0.5) is 0 Å². The van der Waals surface area contributed by atoms with E-state index in [1.807, 2.05) is 12.4 Å². The predicted molar refractivity (Wildman–Crippen MR) is 248 cm³/mol. The van der Waals surface area contributed by atoms with Gasteiger partial charge in [-0.15, -0.1) is 0 Å². The number of aromatic nitrogens is 3. The summed E-state index contributed by atoms with van der Waals surface area (Å²) in [5.41, 5.74) is 13.8. The molecule has 2 unspecified atom stereocenters. The molecule has 3 aromatic heterocycles. The van der Waals surface area contributed by atoms with E-state index in [1.54, 1.807) is 0 Å². The van der Waals surface area contributed by atoms with Crippen molar-refractivity contribution in [3.05, 3.63) is 229 Å². The quantitative estimate of drug-likeness (QED) is 0.177. The zero-order valence-corrected chi connectivity index (χ0v) is 32.7. The Hall–Kier alpha value is -7.73. The Labute approximate surface area is 347 Å². The van der Waals surface area contributed by atoms with Crippen LogP contribution in [0.15, 0.2) is 213 Å². The van der Waals surface area contributed by atoms with Crippen molar-refractivity contribution < 1.29 is 0 Å². The Morgan fingerprint density at radius 1 is 0.417 bits per heavy atom. The highest BCUT2D eigenvalue weighted by molar-refractivity contribution is 6.10. The van der Waals surface area contributed by atoms with Gasteiger partial charge in [0.15, 0.2) is 0 Å². The predicted octanol–water partition coefficient (Wildman–Crippen LogP) is 13.1. The molecular weight excluding hydrogens is 731 g/mol. The third kappa shape index (κ3) is 5.63. The first-order valence-electron chi connectivity index (χ1n) is 20.6. The van der Waals surface area contributed by atoms with Gasteiger partial charge in [0.1, 0.15) is 6.17 Å². The third-order valence-electron chi connectivity index (χ3n) is 12.2. The summed E-state index contributed by atoms with van der Waals surface area (Å²) >= 11 is 0. The van der Waals surface area contributed by atoms with Crippen LogP contribution in [0.1, 0.15) is 28.9 Å².